The van der Waals surface area contributed by atoms with Gasteiger partial charge in [-0.1, -0.05) is 18.2 Å². The molecule has 184 valence electrons. The van der Waals surface area contributed by atoms with Crippen molar-refractivity contribution in [2.45, 2.75) is 32.0 Å². The molecule has 3 N–H and O–H groups in total. The first-order chi connectivity index (χ1) is 17.0. The molecule has 3 aromatic rings. The minimum atomic E-state index is -0.358. The minimum absolute atomic E-state index is 0.0813. The van der Waals surface area contributed by atoms with Gasteiger partial charge in [-0.05, 0) is 60.4 Å². The maximum absolute atomic E-state index is 13.9. The van der Waals surface area contributed by atoms with E-state index in [0.717, 1.165) is 37.1 Å². The third-order valence-corrected chi connectivity index (χ3v) is 5.93. The van der Waals surface area contributed by atoms with E-state index in [4.69, 9.17) is 9.15 Å². The van der Waals surface area contributed by atoms with Crippen molar-refractivity contribution in [1.29, 1.82) is 0 Å². The lowest BCUT2D eigenvalue weighted by Gasteiger charge is -2.32. The number of ether oxygens (including phenoxy) is 1. The van der Waals surface area contributed by atoms with Gasteiger partial charge in [0.05, 0.1) is 13.4 Å². The van der Waals surface area contributed by atoms with E-state index in [1.807, 2.05) is 24.3 Å². The van der Waals surface area contributed by atoms with Crippen molar-refractivity contribution in [3.8, 4) is 5.75 Å². The predicted octanol–water partition coefficient (Wildman–Crippen LogP) is 4.14. The van der Waals surface area contributed by atoms with Crippen LogP contribution in [0.5, 0.6) is 5.75 Å². The van der Waals surface area contributed by atoms with E-state index in [-0.39, 0.29) is 35.3 Å². The van der Waals surface area contributed by atoms with Gasteiger partial charge in [0.25, 0.3) is 5.91 Å². The van der Waals surface area contributed by atoms with Gasteiger partial charge in [0.15, 0.2) is 17.3 Å². The molecular weight excluding hydrogens is 451 g/mol. The lowest BCUT2D eigenvalue weighted by atomic mass is 10.0. The Balaban J connectivity index is 1.19. The zero-order valence-electron chi connectivity index (χ0n) is 19.6. The molecule has 3 amide bonds. The van der Waals surface area contributed by atoms with Gasteiger partial charge in [0, 0.05) is 37.9 Å². The van der Waals surface area contributed by atoms with Crippen LogP contribution in [0.3, 0.4) is 0 Å². The molecule has 35 heavy (non-hydrogen) atoms. The van der Waals surface area contributed by atoms with Crippen molar-refractivity contribution in [2.24, 2.45) is 0 Å². The Kier molecular flexibility index (Phi) is 7.99. The van der Waals surface area contributed by atoms with Crippen LogP contribution >= 0.6 is 0 Å². The Morgan fingerprint density at radius 3 is 2.63 bits per heavy atom. The van der Waals surface area contributed by atoms with E-state index in [1.165, 1.54) is 19.4 Å². The van der Waals surface area contributed by atoms with Gasteiger partial charge in [-0.15, -0.1) is 0 Å². The van der Waals surface area contributed by atoms with Crippen molar-refractivity contribution < 1.29 is 23.1 Å². The number of nitrogens with one attached hydrogen (secondary N) is 3. The summed E-state index contributed by atoms with van der Waals surface area (Å²) in [7, 11) is 1.45. The van der Waals surface area contributed by atoms with Gasteiger partial charge in [0.2, 0.25) is 0 Å². The number of piperidine rings is 1. The molecule has 0 aliphatic carbocycles. The fourth-order valence-electron chi connectivity index (χ4n) is 4.08. The molecule has 9 heteroatoms. The number of benzene rings is 2. The van der Waals surface area contributed by atoms with E-state index in [9.17, 15) is 14.0 Å². The van der Waals surface area contributed by atoms with Crippen LogP contribution in [-0.2, 0) is 13.1 Å². The number of furan rings is 1. The standard InChI is InChI=1S/C26H29FN4O4/c1-34-23-8-7-19(15-22(23)27)17-31-11-9-20(10-12-31)30-26(33)28-16-18-4-2-5-21(14-18)29-25(32)24-6-3-13-35-24/h2-8,13-15,20H,9-12,16-17H2,1H3,(H,29,32)(H2,28,30,33). The highest BCUT2D eigenvalue weighted by atomic mass is 19.1. The summed E-state index contributed by atoms with van der Waals surface area (Å²) in [5, 5.41) is 8.68. The number of urea groups is 1. The van der Waals surface area contributed by atoms with Crippen LogP contribution in [0.15, 0.2) is 65.3 Å². The van der Waals surface area contributed by atoms with Gasteiger partial charge in [-0.2, -0.15) is 0 Å². The number of nitrogens with zero attached hydrogens (tertiary/aromatic N) is 1. The zero-order chi connectivity index (χ0) is 24.6. The molecule has 4 rings (SSSR count). The van der Waals surface area contributed by atoms with Crippen LogP contribution in [0.1, 0.15) is 34.5 Å². The lowest BCUT2D eigenvalue weighted by molar-refractivity contribution is 0.0996. The summed E-state index contributed by atoms with van der Waals surface area (Å²) in [6.07, 6.45) is 3.08. The SMILES string of the molecule is COc1ccc(CN2CCC(NC(=O)NCc3cccc(NC(=O)c4ccco4)c3)CC2)cc1F. The smallest absolute Gasteiger partial charge is 0.315 e. The molecule has 1 aromatic heterocycles. The van der Waals surface area contributed by atoms with Crippen molar-refractivity contribution >= 4 is 17.6 Å². The third-order valence-electron chi connectivity index (χ3n) is 5.93. The second-order valence-corrected chi connectivity index (χ2v) is 8.48. The maximum atomic E-state index is 13.9. The molecule has 0 saturated carbocycles. The summed E-state index contributed by atoms with van der Waals surface area (Å²) >= 11 is 0. The Bertz CT molecular complexity index is 1140. The van der Waals surface area contributed by atoms with Gasteiger partial charge >= 0.3 is 6.03 Å². The number of rotatable bonds is 8. The molecule has 1 aliphatic rings. The molecule has 0 spiro atoms. The van der Waals surface area contributed by atoms with Crippen molar-refractivity contribution in [1.82, 2.24) is 15.5 Å². The van der Waals surface area contributed by atoms with Crippen LogP contribution in [0, 0.1) is 5.82 Å². The first-order valence-corrected chi connectivity index (χ1v) is 11.5. The van der Waals surface area contributed by atoms with Gasteiger partial charge in [-0.25, -0.2) is 9.18 Å². The van der Waals surface area contributed by atoms with Crippen LogP contribution in [0.4, 0.5) is 14.9 Å². The van der Waals surface area contributed by atoms with E-state index >= 15 is 0 Å². The normalized spacial score (nSPS) is 14.3. The Labute approximate surface area is 203 Å². The average molecular weight is 481 g/mol. The van der Waals surface area contributed by atoms with Crippen LogP contribution in [0.25, 0.3) is 0 Å². The monoisotopic (exact) mass is 480 g/mol. The number of likely N-dealkylation sites (tertiary alicyclic amines) is 1. The van der Waals surface area contributed by atoms with E-state index < -0.39 is 0 Å². The summed E-state index contributed by atoms with van der Waals surface area (Å²) in [6.45, 7) is 2.62. The quantitative estimate of drug-likeness (QED) is 0.450. The summed E-state index contributed by atoms with van der Waals surface area (Å²) < 4.78 is 24.0. The third kappa shape index (κ3) is 6.83. The molecule has 0 atom stereocenters. The maximum Gasteiger partial charge on any atom is 0.315 e. The average Bonchev–Trinajstić information content (AvgIpc) is 3.40. The van der Waals surface area contributed by atoms with Gasteiger partial charge < -0.3 is 25.1 Å². The molecule has 0 radical (unpaired) electrons. The number of amides is 3. The zero-order valence-corrected chi connectivity index (χ0v) is 19.6. The highest BCUT2D eigenvalue weighted by molar-refractivity contribution is 6.02. The van der Waals surface area contributed by atoms with E-state index in [0.29, 0.717) is 18.8 Å². The molecule has 0 unspecified atom stereocenters. The van der Waals surface area contributed by atoms with E-state index in [2.05, 4.69) is 20.9 Å². The van der Waals surface area contributed by atoms with Gasteiger partial charge in [-0.3, -0.25) is 9.69 Å². The molecule has 1 saturated heterocycles. The molecule has 2 aromatic carbocycles. The van der Waals surface area contributed by atoms with Crippen LogP contribution in [0.2, 0.25) is 0 Å². The lowest BCUT2D eigenvalue weighted by Crippen LogP contribution is -2.47. The second kappa shape index (κ2) is 11.5. The number of hydrogen-bond acceptors (Lipinski definition) is 5. The van der Waals surface area contributed by atoms with Gasteiger partial charge in [0.1, 0.15) is 0 Å². The topological polar surface area (TPSA) is 95.8 Å². The minimum Gasteiger partial charge on any atom is -0.494 e. The van der Waals surface area contributed by atoms with E-state index in [1.54, 1.807) is 24.3 Å². The number of methoxy groups -OCH3 is 1. The van der Waals surface area contributed by atoms with Crippen molar-refractivity contribution in [3.05, 3.63) is 83.6 Å². The largest absolute Gasteiger partial charge is 0.494 e. The number of carbonyl (C=O) groups excluding carboxylic acids is 2. The molecule has 1 fully saturated rings. The van der Waals surface area contributed by atoms with Crippen molar-refractivity contribution in [2.75, 3.05) is 25.5 Å². The highest BCUT2D eigenvalue weighted by Crippen LogP contribution is 2.20. The molecule has 0 bridgehead atoms. The molecule has 1 aliphatic heterocycles. The summed E-state index contributed by atoms with van der Waals surface area (Å²) in [4.78, 5) is 26.8. The Hall–Kier alpha value is -3.85. The van der Waals surface area contributed by atoms with Crippen LogP contribution in [-0.4, -0.2) is 43.1 Å². The molecule has 2 heterocycles. The summed E-state index contributed by atoms with van der Waals surface area (Å²) in [5.74, 6) is -0.215. The molecule has 8 nitrogen and oxygen atoms in total. The van der Waals surface area contributed by atoms with Crippen molar-refractivity contribution in [3.63, 3.8) is 0 Å². The number of hydrogen-bond donors (Lipinski definition) is 3. The van der Waals surface area contributed by atoms with Crippen LogP contribution < -0.4 is 20.7 Å². The predicted molar refractivity (Wildman–Crippen MR) is 130 cm³/mol. The molecular formula is C26H29FN4O4. The number of anilines is 1. The number of carbonyl (C=O) groups is 2. The fraction of sp³-hybridized carbons (Fsp3) is 0.308. The highest BCUT2D eigenvalue weighted by Gasteiger charge is 2.21. The summed E-state index contributed by atoms with van der Waals surface area (Å²) in [5.41, 5.74) is 2.38. The first-order valence-electron chi connectivity index (χ1n) is 11.5. The Morgan fingerprint density at radius 1 is 1.09 bits per heavy atom. The Morgan fingerprint density at radius 2 is 1.91 bits per heavy atom. The second-order valence-electron chi connectivity index (χ2n) is 8.48. The number of halogens is 1. The first kappa shape index (κ1) is 24.3. The fourth-order valence-corrected chi connectivity index (χ4v) is 4.08. The summed E-state index contributed by atoms with van der Waals surface area (Å²) in [6, 6.07) is 15.4.